The zero-order chi connectivity index (χ0) is 14.5. The largest absolute Gasteiger partial charge is 0.481 e. The van der Waals surface area contributed by atoms with E-state index in [2.05, 4.69) is 35.0 Å². The van der Waals surface area contributed by atoms with Gasteiger partial charge < -0.3 is 14.9 Å². The molecule has 1 aromatic carbocycles. The molecule has 0 aromatic heterocycles. The molecule has 0 bridgehead atoms. The third-order valence-corrected chi connectivity index (χ3v) is 3.88. The maximum atomic E-state index is 10.5. The lowest BCUT2D eigenvalue weighted by molar-refractivity contribution is -0.137. The summed E-state index contributed by atoms with van der Waals surface area (Å²) in [4.78, 5) is 15.0. The van der Waals surface area contributed by atoms with Crippen LogP contribution >= 0.6 is 0 Å². The van der Waals surface area contributed by atoms with Crippen molar-refractivity contribution in [3.63, 3.8) is 0 Å². The van der Waals surface area contributed by atoms with Crippen LogP contribution in [0.5, 0.6) is 0 Å². The normalized spacial score (nSPS) is 14.4. The van der Waals surface area contributed by atoms with Gasteiger partial charge in [-0.1, -0.05) is 12.1 Å². The van der Waals surface area contributed by atoms with Crippen LogP contribution in [0.15, 0.2) is 18.2 Å². The quantitative estimate of drug-likeness (QED) is 0.866. The average Bonchev–Trinajstić information content (AvgIpc) is 2.38. The lowest BCUT2D eigenvalue weighted by Crippen LogP contribution is -2.25. The Hall–Kier alpha value is -1.55. The van der Waals surface area contributed by atoms with Gasteiger partial charge in [0.15, 0.2) is 0 Å². The molecule has 4 nitrogen and oxygen atoms in total. The minimum Gasteiger partial charge on any atom is -0.481 e. The molecule has 1 aliphatic rings. The molecule has 1 aliphatic heterocycles. The third kappa shape index (κ3) is 3.97. The van der Waals surface area contributed by atoms with E-state index in [9.17, 15) is 4.79 Å². The maximum Gasteiger partial charge on any atom is 0.303 e. The first-order valence-corrected chi connectivity index (χ1v) is 7.29. The minimum atomic E-state index is -0.713. The van der Waals surface area contributed by atoms with Gasteiger partial charge in [0.1, 0.15) is 0 Å². The second-order valence-electron chi connectivity index (χ2n) is 5.72. The van der Waals surface area contributed by atoms with Gasteiger partial charge in [0.2, 0.25) is 0 Å². The van der Waals surface area contributed by atoms with Gasteiger partial charge in [-0.15, -0.1) is 0 Å². The molecule has 4 heteroatoms. The van der Waals surface area contributed by atoms with Gasteiger partial charge in [0, 0.05) is 32.2 Å². The number of aliphatic carboxylic acids is 1. The fraction of sp³-hybridized carbons (Fsp3) is 0.562. The second kappa shape index (κ2) is 6.75. The molecule has 110 valence electrons. The zero-order valence-corrected chi connectivity index (χ0v) is 12.4. The van der Waals surface area contributed by atoms with Gasteiger partial charge in [-0.25, -0.2) is 0 Å². The van der Waals surface area contributed by atoms with E-state index in [0.29, 0.717) is 6.42 Å². The van der Waals surface area contributed by atoms with Gasteiger partial charge in [-0.3, -0.25) is 4.79 Å². The maximum absolute atomic E-state index is 10.5. The SMILES string of the molecule is CN(CCCC(=O)O)Cc1ccc2c(c1)CCCN2C. The summed E-state index contributed by atoms with van der Waals surface area (Å²) in [6.07, 6.45) is 3.34. The molecule has 0 aliphatic carbocycles. The number of hydrogen-bond donors (Lipinski definition) is 1. The van der Waals surface area contributed by atoms with Crippen molar-refractivity contribution in [1.29, 1.82) is 0 Å². The van der Waals surface area contributed by atoms with E-state index in [1.54, 1.807) is 0 Å². The summed E-state index contributed by atoms with van der Waals surface area (Å²) < 4.78 is 0. The highest BCUT2D eigenvalue weighted by Gasteiger charge is 2.14. The van der Waals surface area contributed by atoms with Crippen molar-refractivity contribution in [1.82, 2.24) is 4.90 Å². The first kappa shape index (κ1) is 14.9. The van der Waals surface area contributed by atoms with Crippen LogP contribution in [0.1, 0.15) is 30.4 Å². The lowest BCUT2D eigenvalue weighted by atomic mass is 9.99. The van der Waals surface area contributed by atoms with Gasteiger partial charge in [-0.2, -0.15) is 0 Å². The van der Waals surface area contributed by atoms with E-state index < -0.39 is 5.97 Å². The molecule has 0 unspecified atom stereocenters. The summed E-state index contributed by atoms with van der Waals surface area (Å²) in [7, 11) is 4.20. The molecular weight excluding hydrogens is 252 g/mol. The van der Waals surface area contributed by atoms with Crippen LogP contribution in [-0.2, 0) is 17.8 Å². The molecule has 1 aromatic rings. The average molecular weight is 276 g/mol. The van der Waals surface area contributed by atoms with E-state index in [1.165, 1.54) is 23.2 Å². The first-order valence-electron chi connectivity index (χ1n) is 7.29. The van der Waals surface area contributed by atoms with E-state index in [0.717, 1.165) is 26.1 Å². The number of aryl methyl sites for hydroxylation is 1. The Morgan fingerprint density at radius 3 is 3.00 bits per heavy atom. The van der Waals surface area contributed by atoms with Crippen molar-refractivity contribution in [2.75, 3.05) is 32.1 Å². The zero-order valence-electron chi connectivity index (χ0n) is 12.4. The summed E-state index contributed by atoms with van der Waals surface area (Å²) in [6.45, 7) is 2.85. The van der Waals surface area contributed by atoms with Crippen LogP contribution in [0.4, 0.5) is 5.69 Å². The monoisotopic (exact) mass is 276 g/mol. The predicted molar refractivity (Wildman–Crippen MR) is 81.2 cm³/mol. The van der Waals surface area contributed by atoms with Crippen molar-refractivity contribution < 1.29 is 9.90 Å². The molecule has 0 spiro atoms. The molecule has 2 rings (SSSR count). The Morgan fingerprint density at radius 1 is 1.45 bits per heavy atom. The van der Waals surface area contributed by atoms with Crippen LogP contribution < -0.4 is 4.90 Å². The highest BCUT2D eigenvalue weighted by molar-refractivity contribution is 5.66. The van der Waals surface area contributed by atoms with Crippen molar-refractivity contribution in [2.45, 2.75) is 32.2 Å². The summed E-state index contributed by atoms with van der Waals surface area (Å²) in [6, 6.07) is 6.71. The number of benzene rings is 1. The minimum absolute atomic E-state index is 0.249. The number of carbonyl (C=O) groups is 1. The number of hydrogen-bond acceptors (Lipinski definition) is 3. The molecule has 0 saturated carbocycles. The molecule has 0 atom stereocenters. The lowest BCUT2D eigenvalue weighted by Gasteiger charge is -2.28. The number of carboxylic acids is 1. The van der Waals surface area contributed by atoms with Crippen LogP contribution in [-0.4, -0.2) is 43.2 Å². The molecular formula is C16H24N2O2. The number of anilines is 1. The van der Waals surface area contributed by atoms with E-state index in [4.69, 9.17) is 5.11 Å². The highest BCUT2D eigenvalue weighted by Crippen LogP contribution is 2.27. The summed E-state index contributed by atoms with van der Waals surface area (Å²) in [5, 5.41) is 8.65. The number of fused-ring (bicyclic) bond motifs is 1. The van der Waals surface area contributed by atoms with E-state index >= 15 is 0 Å². The summed E-state index contributed by atoms with van der Waals surface area (Å²) >= 11 is 0. The van der Waals surface area contributed by atoms with Crippen molar-refractivity contribution >= 4 is 11.7 Å². The molecule has 0 radical (unpaired) electrons. The summed E-state index contributed by atoms with van der Waals surface area (Å²) in [5.74, 6) is -0.713. The van der Waals surface area contributed by atoms with E-state index in [-0.39, 0.29) is 6.42 Å². The summed E-state index contributed by atoms with van der Waals surface area (Å²) in [5.41, 5.74) is 4.11. The second-order valence-corrected chi connectivity index (χ2v) is 5.72. The molecule has 20 heavy (non-hydrogen) atoms. The molecule has 0 amide bonds. The standard InChI is InChI=1S/C16H24N2O2/c1-17(9-4-6-16(19)20)12-13-7-8-15-14(11-13)5-3-10-18(15)2/h7-8,11H,3-6,9-10,12H2,1-2H3,(H,19,20). The molecule has 0 fully saturated rings. The van der Waals surface area contributed by atoms with Crippen LogP contribution in [0.2, 0.25) is 0 Å². The molecule has 1 N–H and O–H groups in total. The highest BCUT2D eigenvalue weighted by atomic mass is 16.4. The Balaban J connectivity index is 1.91. The Labute approximate surface area is 121 Å². The van der Waals surface area contributed by atoms with Crippen molar-refractivity contribution in [2.24, 2.45) is 0 Å². The molecule has 1 heterocycles. The van der Waals surface area contributed by atoms with E-state index in [1.807, 2.05) is 7.05 Å². The number of nitrogens with zero attached hydrogens (tertiary/aromatic N) is 2. The van der Waals surface area contributed by atoms with Crippen molar-refractivity contribution in [3.05, 3.63) is 29.3 Å². The Morgan fingerprint density at radius 2 is 2.25 bits per heavy atom. The van der Waals surface area contributed by atoms with Crippen LogP contribution in [0.25, 0.3) is 0 Å². The Kier molecular flexibility index (Phi) is 5.01. The van der Waals surface area contributed by atoms with Gasteiger partial charge in [-0.05, 0) is 50.0 Å². The van der Waals surface area contributed by atoms with Crippen molar-refractivity contribution in [3.8, 4) is 0 Å². The van der Waals surface area contributed by atoms with Gasteiger partial charge in [0.25, 0.3) is 0 Å². The smallest absolute Gasteiger partial charge is 0.303 e. The van der Waals surface area contributed by atoms with Crippen LogP contribution in [0, 0.1) is 0 Å². The Bertz CT molecular complexity index is 474. The van der Waals surface area contributed by atoms with Gasteiger partial charge in [0.05, 0.1) is 0 Å². The van der Waals surface area contributed by atoms with Gasteiger partial charge >= 0.3 is 5.97 Å². The van der Waals surface area contributed by atoms with Crippen LogP contribution in [0.3, 0.4) is 0 Å². The first-order chi connectivity index (χ1) is 9.56. The topological polar surface area (TPSA) is 43.8 Å². The third-order valence-electron chi connectivity index (χ3n) is 3.88. The number of rotatable bonds is 6. The molecule has 0 saturated heterocycles. The predicted octanol–water partition coefficient (Wildman–Crippen LogP) is 2.37. The fourth-order valence-corrected chi connectivity index (χ4v) is 2.83. The number of carboxylic acid groups (broad SMARTS) is 1. The fourth-order valence-electron chi connectivity index (χ4n) is 2.83.